The first-order valence-electron chi connectivity index (χ1n) is 9.58. The van der Waals surface area contributed by atoms with Crippen LogP contribution in [-0.2, 0) is 11.2 Å². The van der Waals surface area contributed by atoms with Gasteiger partial charge in [-0.1, -0.05) is 54.9 Å². The van der Waals surface area contributed by atoms with Crippen LogP contribution >= 0.6 is 11.6 Å². The average molecular weight is 407 g/mol. The van der Waals surface area contributed by atoms with Crippen LogP contribution in [0.2, 0.25) is 5.02 Å². The summed E-state index contributed by atoms with van der Waals surface area (Å²) in [6.45, 7) is 1.83. The molecule has 4 nitrogen and oxygen atoms in total. The lowest BCUT2D eigenvalue weighted by molar-refractivity contribution is -0.118. The molecule has 1 aromatic heterocycles. The van der Waals surface area contributed by atoms with Gasteiger partial charge in [0.05, 0.1) is 5.02 Å². The fourth-order valence-electron chi connectivity index (χ4n) is 3.11. The Hall–Kier alpha value is -2.98. The lowest BCUT2D eigenvalue weighted by atomic mass is 9.99. The molecule has 0 bridgehead atoms. The number of aryl methyl sites for hydroxylation is 1. The van der Waals surface area contributed by atoms with E-state index in [9.17, 15) is 9.59 Å². The summed E-state index contributed by atoms with van der Waals surface area (Å²) < 4.78 is 0. The third-order valence-electron chi connectivity index (χ3n) is 4.90. The van der Waals surface area contributed by atoms with Crippen molar-refractivity contribution in [2.45, 2.75) is 26.2 Å². The van der Waals surface area contributed by atoms with Crippen LogP contribution in [0.5, 0.6) is 0 Å². The molecule has 0 N–H and O–H groups in total. The van der Waals surface area contributed by atoms with Gasteiger partial charge in [0.2, 0.25) is 5.91 Å². The first kappa shape index (κ1) is 20.7. The van der Waals surface area contributed by atoms with Crippen molar-refractivity contribution in [1.29, 1.82) is 0 Å². The Morgan fingerprint density at radius 1 is 1.07 bits per heavy atom. The highest BCUT2D eigenvalue weighted by atomic mass is 35.5. The van der Waals surface area contributed by atoms with Gasteiger partial charge in [-0.2, -0.15) is 0 Å². The summed E-state index contributed by atoms with van der Waals surface area (Å²) >= 11 is 6.46. The van der Waals surface area contributed by atoms with E-state index >= 15 is 0 Å². The molecule has 0 unspecified atom stereocenters. The zero-order chi connectivity index (χ0) is 20.8. The molecule has 0 aliphatic rings. The Morgan fingerprint density at radius 2 is 1.83 bits per heavy atom. The summed E-state index contributed by atoms with van der Waals surface area (Å²) in [5.74, 6) is 0.129. The molecule has 1 amide bonds. The van der Waals surface area contributed by atoms with Crippen molar-refractivity contribution in [2.75, 3.05) is 11.9 Å². The topological polar surface area (TPSA) is 50.3 Å². The second-order valence-electron chi connectivity index (χ2n) is 6.83. The molecule has 0 radical (unpaired) electrons. The van der Waals surface area contributed by atoms with Gasteiger partial charge in [-0.25, -0.2) is 0 Å². The Morgan fingerprint density at radius 3 is 2.45 bits per heavy atom. The Labute approximate surface area is 176 Å². The number of Topliss-reactive ketones (excluding diaryl/α,β-unsaturated/α-hetero) is 1. The third-order valence-corrected chi connectivity index (χ3v) is 5.21. The number of carbonyl (C=O) groups excluding carboxylic acids is 2. The zero-order valence-electron chi connectivity index (χ0n) is 16.6. The highest BCUT2D eigenvalue weighted by Gasteiger charge is 2.12. The fraction of sp³-hybridized carbons (Fsp3) is 0.208. The van der Waals surface area contributed by atoms with Gasteiger partial charge in [-0.05, 0) is 35.7 Å². The smallest absolute Gasteiger partial charge is 0.226 e. The molecular weight excluding hydrogens is 384 g/mol. The molecule has 2 aromatic carbocycles. The fourth-order valence-corrected chi connectivity index (χ4v) is 3.40. The number of rotatable bonds is 7. The van der Waals surface area contributed by atoms with Crippen LogP contribution in [0.4, 0.5) is 5.69 Å². The van der Waals surface area contributed by atoms with Crippen molar-refractivity contribution in [3.63, 3.8) is 0 Å². The number of hydrogen-bond donors (Lipinski definition) is 0. The number of anilines is 1. The number of halogens is 1. The van der Waals surface area contributed by atoms with Crippen LogP contribution in [0.15, 0.2) is 67.0 Å². The van der Waals surface area contributed by atoms with Gasteiger partial charge in [0.1, 0.15) is 0 Å². The van der Waals surface area contributed by atoms with E-state index in [2.05, 4.69) is 4.98 Å². The lowest BCUT2D eigenvalue weighted by Crippen LogP contribution is -2.24. The average Bonchev–Trinajstić information content (AvgIpc) is 2.77. The Kier molecular flexibility index (Phi) is 6.78. The van der Waals surface area contributed by atoms with Crippen LogP contribution in [0.1, 0.15) is 35.7 Å². The molecular formula is C24H23ClN2O2. The Bertz CT molecular complexity index is 1000. The normalized spacial score (nSPS) is 10.6. The number of ketones is 1. The minimum absolute atomic E-state index is 0.0305. The largest absolute Gasteiger partial charge is 0.315 e. The summed E-state index contributed by atoms with van der Waals surface area (Å²) in [4.78, 5) is 30.0. The van der Waals surface area contributed by atoms with Crippen molar-refractivity contribution in [1.82, 2.24) is 4.98 Å². The number of hydrogen-bond acceptors (Lipinski definition) is 3. The molecule has 0 aliphatic heterocycles. The van der Waals surface area contributed by atoms with Crippen molar-refractivity contribution in [3.05, 3.63) is 83.1 Å². The van der Waals surface area contributed by atoms with Crippen LogP contribution in [-0.4, -0.2) is 23.7 Å². The first-order chi connectivity index (χ1) is 14.0. The summed E-state index contributed by atoms with van der Waals surface area (Å²) in [7, 11) is 1.74. The van der Waals surface area contributed by atoms with Gasteiger partial charge < -0.3 is 4.90 Å². The summed E-state index contributed by atoms with van der Waals surface area (Å²) in [5, 5.41) is 0.564. The van der Waals surface area contributed by atoms with E-state index in [1.165, 1.54) is 0 Å². The van der Waals surface area contributed by atoms with Gasteiger partial charge in [0.25, 0.3) is 0 Å². The van der Waals surface area contributed by atoms with Gasteiger partial charge in [0, 0.05) is 49.1 Å². The molecule has 0 fully saturated rings. The minimum atomic E-state index is 0.0305. The quantitative estimate of drug-likeness (QED) is 0.480. The molecule has 0 atom stereocenters. The molecule has 3 aromatic rings. The van der Waals surface area contributed by atoms with Crippen LogP contribution in [0.25, 0.3) is 11.1 Å². The number of pyridine rings is 1. The van der Waals surface area contributed by atoms with E-state index in [-0.39, 0.29) is 11.7 Å². The van der Waals surface area contributed by atoms with E-state index in [4.69, 9.17) is 11.6 Å². The molecule has 3 rings (SSSR count). The number of nitrogens with zero attached hydrogens (tertiary/aromatic N) is 2. The molecule has 0 spiro atoms. The van der Waals surface area contributed by atoms with Crippen LogP contribution in [0, 0.1) is 0 Å². The number of carbonyl (C=O) groups is 2. The van der Waals surface area contributed by atoms with E-state index in [0.29, 0.717) is 29.8 Å². The summed E-state index contributed by atoms with van der Waals surface area (Å²) in [6.07, 6.45) is 5.06. The van der Waals surface area contributed by atoms with E-state index in [0.717, 1.165) is 22.4 Å². The molecule has 0 saturated carbocycles. The standard InChI is InChI=1S/C24H23ClN2O2/c1-3-24(29)27(2)20-11-12-21(22(25)15-20)18-7-9-19(10-8-18)23(28)13-6-17-5-4-14-26-16-17/h4-5,7-12,14-16H,3,6,13H2,1-2H3. The van der Waals surface area contributed by atoms with Crippen molar-refractivity contribution in [2.24, 2.45) is 0 Å². The third kappa shape index (κ3) is 5.09. The molecule has 29 heavy (non-hydrogen) atoms. The van der Waals surface area contributed by atoms with Gasteiger partial charge in [-0.15, -0.1) is 0 Å². The predicted molar refractivity (Wildman–Crippen MR) is 117 cm³/mol. The second-order valence-corrected chi connectivity index (χ2v) is 7.24. The summed E-state index contributed by atoms with van der Waals surface area (Å²) in [6, 6.07) is 16.9. The number of amides is 1. The van der Waals surface area contributed by atoms with Gasteiger partial charge >= 0.3 is 0 Å². The van der Waals surface area contributed by atoms with Gasteiger partial charge in [-0.3, -0.25) is 14.6 Å². The highest BCUT2D eigenvalue weighted by Crippen LogP contribution is 2.32. The van der Waals surface area contributed by atoms with E-state index in [1.807, 2.05) is 55.5 Å². The maximum atomic E-state index is 12.5. The predicted octanol–water partition coefficient (Wildman–Crippen LogP) is 5.59. The van der Waals surface area contributed by atoms with Crippen LogP contribution in [0.3, 0.4) is 0 Å². The van der Waals surface area contributed by atoms with Crippen molar-refractivity contribution in [3.8, 4) is 11.1 Å². The number of benzene rings is 2. The number of aromatic nitrogens is 1. The van der Waals surface area contributed by atoms with E-state index < -0.39 is 0 Å². The molecule has 1 heterocycles. The lowest BCUT2D eigenvalue weighted by Gasteiger charge is -2.17. The maximum Gasteiger partial charge on any atom is 0.226 e. The molecule has 5 heteroatoms. The second kappa shape index (κ2) is 9.48. The highest BCUT2D eigenvalue weighted by molar-refractivity contribution is 6.33. The van der Waals surface area contributed by atoms with Crippen LogP contribution < -0.4 is 4.90 Å². The zero-order valence-corrected chi connectivity index (χ0v) is 17.3. The molecule has 0 saturated heterocycles. The SMILES string of the molecule is CCC(=O)N(C)c1ccc(-c2ccc(C(=O)CCc3cccnc3)cc2)c(Cl)c1. The van der Waals surface area contributed by atoms with Crippen molar-refractivity contribution >= 4 is 29.0 Å². The Balaban J connectivity index is 1.71. The maximum absolute atomic E-state index is 12.5. The first-order valence-corrected chi connectivity index (χ1v) is 9.96. The van der Waals surface area contributed by atoms with Gasteiger partial charge in [0.15, 0.2) is 5.78 Å². The molecule has 148 valence electrons. The van der Waals surface area contributed by atoms with E-state index in [1.54, 1.807) is 30.4 Å². The minimum Gasteiger partial charge on any atom is -0.315 e. The molecule has 0 aliphatic carbocycles. The monoisotopic (exact) mass is 406 g/mol. The van der Waals surface area contributed by atoms with Crippen molar-refractivity contribution < 1.29 is 9.59 Å². The summed E-state index contributed by atoms with van der Waals surface area (Å²) in [5.41, 5.74) is 4.28.